The highest BCUT2D eigenvalue weighted by molar-refractivity contribution is 14.1. The second-order valence-corrected chi connectivity index (χ2v) is 3.85. The van der Waals surface area contributed by atoms with E-state index in [2.05, 4.69) is 59.1 Å². The summed E-state index contributed by atoms with van der Waals surface area (Å²) in [6, 6.07) is 8.31. The first kappa shape index (κ1) is 9.58. The van der Waals surface area contributed by atoms with Crippen LogP contribution in [-0.2, 0) is 0 Å². The Kier molecular flexibility index (Phi) is 3.59. The SMILES string of the molecule is CC=C(C)Nc1cccc(I)c1. The molecular formula is C10H12IN. The van der Waals surface area contributed by atoms with E-state index in [9.17, 15) is 0 Å². The zero-order valence-electron chi connectivity index (χ0n) is 7.26. The van der Waals surface area contributed by atoms with E-state index in [0.717, 1.165) is 5.69 Å². The molecule has 2 heteroatoms. The lowest BCUT2D eigenvalue weighted by Crippen LogP contribution is -1.94. The summed E-state index contributed by atoms with van der Waals surface area (Å²) < 4.78 is 1.25. The van der Waals surface area contributed by atoms with Crippen LogP contribution in [0.2, 0.25) is 0 Å². The number of anilines is 1. The molecule has 0 radical (unpaired) electrons. The first-order valence-corrected chi connectivity index (χ1v) is 4.96. The topological polar surface area (TPSA) is 12.0 Å². The summed E-state index contributed by atoms with van der Waals surface area (Å²) in [7, 11) is 0. The fraction of sp³-hybridized carbons (Fsp3) is 0.200. The molecule has 0 aliphatic rings. The van der Waals surface area contributed by atoms with Crippen molar-refractivity contribution in [2.45, 2.75) is 13.8 Å². The minimum absolute atomic E-state index is 1.15. The maximum Gasteiger partial charge on any atom is 0.0392 e. The van der Waals surface area contributed by atoms with Crippen LogP contribution in [0, 0.1) is 3.57 Å². The van der Waals surface area contributed by atoms with Crippen LogP contribution in [0.5, 0.6) is 0 Å². The van der Waals surface area contributed by atoms with Gasteiger partial charge in [0.2, 0.25) is 0 Å². The number of hydrogen-bond acceptors (Lipinski definition) is 1. The number of halogens is 1. The molecule has 1 rings (SSSR count). The first-order valence-electron chi connectivity index (χ1n) is 3.88. The van der Waals surface area contributed by atoms with Gasteiger partial charge in [0, 0.05) is 15.0 Å². The molecule has 0 fully saturated rings. The van der Waals surface area contributed by atoms with Gasteiger partial charge < -0.3 is 5.32 Å². The zero-order valence-corrected chi connectivity index (χ0v) is 9.42. The highest BCUT2D eigenvalue weighted by atomic mass is 127. The number of benzene rings is 1. The normalized spacial score (nSPS) is 11.4. The highest BCUT2D eigenvalue weighted by Crippen LogP contribution is 2.13. The Labute approximate surface area is 87.0 Å². The molecule has 0 amide bonds. The van der Waals surface area contributed by atoms with E-state index < -0.39 is 0 Å². The summed E-state index contributed by atoms with van der Waals surface area (Å²) in [6.07, 6.45) is 2.06. The van der Waals surface area contributed by atoms with Crippen molar-refractivity contribution >= 4 is 28.3 Å². The van der Waals surface area contributed by atoms with Gasteiger partial charge in [-0.05, 0) is 54.6 Å². The van der Waals surface area contributed by atoms with E-state index in [-0.39, 0.29) is 0 Å². The summed E-state index contributed by atoms with van der Waals surface area (Å²) in [4.78, 5) is 0. The number of nitrogens with one attached hydrogen (secondary N) is 1. The molecule has 12 heavy (non-hydrogen) atoms. The van der Waals surface area contributed by atoms with Gasteiger partial charge >= 0.3 is 0 Å². The highest BCUT2D eigenvalue weighted by Gasteiger charge is 1.91. The van der Waals surface area contributed by atoms with E-state index in [1.165, 1.54) is 9.27 Å². The lowest BCUT2D eigenvalue weighted by molar-refractivity contribution is 1.35. The molecule has 0 saturated heterocycles. The van der Waals surface area contributed by atoms with Gasteiger partial charge in [0.15, 0.2) is 0 Å². The van der Waals surface area contributed by atoms with Crippen molar-refractivity contribution in [3.8, 4) is 0 Å². The third kappa shape index (κ3) is 2.85. The van der Waals surface area contributed by atoms with Crippen LogP contribution in [0.15, 0.2) is 36.0 Å². The molecule has 0 spiro atoms. The van der Waals surface area contributed by atoms with Gasteiger partial charge in [-0.25, -0.2) is 0 Å². The number of allylic oxidation sites excluding steroid dienone is 2. The first-order chi connectivity index (χ1) is 5.72. The molecule has 1 N–H and O–H groups in total. The molecule has 0 atom stereocenters. The van der Waals surface area contributed by atoms with Crippen LogP contribution < -0.4 is 5.32 Å². The van der Waals surface area contributed by atoms with Crippen molar-refractivity contribution in [1.29, 1.82) is 0 Å². The molecule has 0 unspecified atom stereocenters. The summed E-state index contributed by atoms with van der Waals surface area (Å²) in [5.74, 6) is 0. The average molecular weight is 273 g/mol. The Bertz CT molecular complexity index is 292. The van der Waals surface area contributed by atoms with E-state index in [4.69, 9.17) is 0 Å². The monoisotopic (exact) mass is 273 g/mol. The minimum Gasteiger partial charge on any atom is -0.359 e. The van der Waals surface area contributed by atoms with Gasteiger partial charge in [-0.3, -0.25) is 0 Å². The third-order valence-corrected chi connectivity index (χ3v) is 2.27. The molecular weight excluding hydrogens is 261 g/mol. The van der Waals surface area contributed by atoms with Crippen LogP contribution >= 0.6 is 22.6 Å². The molecule has 1 aromatic carbocycles. The van der Waals surface area contributed by atoms with Gasteiger partial charge in [0.25, 0.3) is 0 Å². The van der Waals surface area contributed by atoms with Gasteiger partial charge in [-0.2, -0.15) is 0 Å². The van der Waals surface area contributed by atoms with Crippen molar-refractivity contribution in [3.63, 3.8) is 0 Å². The molecule has 0 bridgehead atoms. The Morgan fingerprint density at radius 1 is 1.50 bits per heavy atom. The van der Waals surface area contributed by atoms with Gasteiger partial charge in [0.1, 0.15) is 0 Å². The predicted octanol–water partition coefficient (Wildman–Crippen LogP) is 3.63. The molecule has 64 valence electrons. The Balaban J connectivity index is 2.76. The van der Waals surface area contributed by atoms with Crippen molar-refractivity contribution in [2.24, 2.45) is 0 Å². The van der Waals surface area contributed by atoms with Gasteiger partial charge in [-0.1, -0.05) is 12.1 Å². The molecule has 1 aromatic rings. The van der Waals surface area contributed by atoms with Crippen LogP contribution in [-0.4, -0.2) is 0 Å². The molecule has 0 aromatic heterocycles. The maximum absolute atomic E-state index is 3.29. The second-order valence-electron chi connectivity index (χ2n) is 2.61. The second kappa shape index (κ2) is 4.50. The largest absolute Gasteiger partial charge is 0.359 e. The third-order valence-electron chi connectivity index (χ3n) is 1.60. The van der Waals surface area contributed by atoms with Crippen LogP contribution in [0.3, 0.4) is 0 Å². The summed E-state index contributed by atoms with van der Waals surface area (Å²) >= 11 is 2.30. The minimum atomic E-state index is 1.15. The van der Waals surface area contributed by atoms with E-state index in [1.54, 1.807) is 0 Å². The van der Waals surface area contributed by atoms with Crippen molar-refractivity contribution < 1.29 is 0 Å². The van der Waals surface area contributed by atoms with Crippen LogP contribution in [0.4, 0.5) is 5.69 Å². The van der Waals surface area contributed by atoms with Crippen molar-refractivity contribution in [1.82, 2.24) is 0 Å². The smallest absolute Gasteiger partial charge is 0.0392 e. The number of rotatable bonds is 2. The molecule has 0 heterocycles. The zero-order chi connectivity index (χ0) is 8.97. The molecule has 0 aliphatic carbocycles. The van der Waals surface area contributed by atoms with Crippen LogP contribution in [0.25, 0.3) is 0 Å². The average Bonchev–Trinajstić information content (AvgIpc) is 2.04. The summed E-state index contributed by atoms with van der Waals surface area (Å²) in [5.41, 5.74) is 2.33. The maximum atomic E-state index is 3.29. The van der Waals surface area contributed by atoms with E-state index >= 15 is 0 Å². The fourth-order valence-corrected chi connectivity index (χ4v) is 1.41. The van der Waals surface area contributed by atoms with Gasteiger partial charge in [0.05, 0.1) is 0 Å². The van der Waals surface area contributed by atoms with E-state index in [0.29, 0.717) is 0 Å². The molecule has 1 nitrogen and oxygen atoms in total. The lowest BCUT2D eigenvalue weighted by atomic mass is 10.3. The molecule has 0 aliphatic heterocycles. The van der Waals surface area contributed by atoms with Crippen LogP contribution in [0.1, 0.15) is 13.8 Å². The Morgan fingerprint density at radius 3 is 2.83 bits per heavy atom. The fourth-order valence-electron chi connectivity index (χ4n) is 0.866. The van der Waals surface area contributed by atoms with Crippen molar-refractivity contribution in [3.05, 3.63) is 39.6 Å². The Hall–Kier alpha value is -0.510. The molecule has 0 saturated carbocycles. The summed E-state index contributed by atoms with van der Waals surface area (Å²) in [6.45, 7) is 4.08. The standard InChI is InChI=1S/C10H12IN/c1-3-8(2)12-10-6-4-5-9(11)7-10/h3-7,12H,1-2H3. The Morgan fingerprint density at radius 2 is 2.25 bits per heavy atom. The quantitative estimate of drug-likeness (QED) is 0.811. The number of hydrogen-bond donors (Lipinski definition) is 1. The lowest BCUT2D eigenvalue weighted by Gasteiger charge is -2.05. The van der Waals surface area contributed by atoms with E-state index in [1.807, 2.05) is 13.0 Å². The van der Waals surface area contributed by atoms with Crippen molar-refractivity contribution in [2.75, 3.05) is 5.32 Å². The van der Waals surface area contributed by atoms with Gasteiger partial charge in [-0.15, -0.1) is 0 Å². The predicted molar refractivity (Wildman–Crippen MR) is 62.2 cm³/mol. The summed E-state index contributed by atoms with van der Waals surface area (Å²) in [5, 5.41) is 3.29.